The fourth-order valence-electron chi connectivity index (χ4n) is 1.20. The summed E-state index contributed by atoms with van der Waals surface area (Å²) in [7, 11) is 0. The van der Waals surface area contributed by atoms with E-state index in [2.05, 4.69) is 0 Å². The molecule has 1 aromatic carbocycles. The number of carbonyl (C=O) groups is 1. The van der Waals surface area contributed by atoms with E-state index in [1.165, 1.54) is 0 Å². The molecule has 0 fully saturated rings. The molecule has 0 amide bonds. The summed E-state index contributed by atoms with van der Waals surface area (Å²) < 4.78 is 12.9. The van der Waals surface area contributed by atoms with E-state index in [0.29, 0.717) is 0 Å². The van der Waals surface area contributed by atoms with Crippen molar-refractivity contribution in [2.24, 2.45) is 5.73 Å². The molecule has 86 valence electrons. The average Bonchev–Trinajstić information content (AvgIpc) is 2.16. The third-order valence-electron chi connectivity index (χ3n) is 1.93. The maximum Gasteiger partial charge on any atom is 0.320 e. The Hall–Kier alpha value is -2.02. The van der Waals surface area contributed by atoms with Gasteiger partial charge >= 0.3 is 5.97 Å². The third kappa shape index (κ3) is 2.99. The monoisotopic (exact) mass is 228 g/mol. The molecule has 0 spiro atoms. The van der Waals surface area contributed by atoms with Gasteiger partial charge in [0.15, 0.2) is 0 Å². The molecule has 0 bridgehead atoms. The molecule has 0 saturated heterocycles. The lowest BCUT2D eigenvalue weighted by atomic mass is 10.1. The minimum absolute atomic E-state index is 0.159. The summed E-state index contributed by atoms with van der Waals surface area (Å²) in [6, 6.07) is 1.68. The summed E-state index contributed by atoms with van der Waals surface area (Å²) in [6.07, 6.45) is -0.159. The first-order valence-corrected chi connectivity index (χ1v) is 4.32. The molecule has 0 saturated carbocycles. The Bertz CT molecular complexity index is 436. The van der Waals surface area contributed by atoms with Gasteiger partial charge in [0.2, 0.25) is 0 Å². The van der Waals surface area contributed by atoms with E-state index < -0.39 is 28.4 Å². The molecule has 0 heterocycles. The highest BCUT2D eigenvalue weighted by atomic mass is 19.1. The number of rotatable bonds is 4. The van der Waals surface area contributed by atoms with Gasteiger partial charge in [-0.3, -0.25) is 14.9 Å². The Balaban J connectivity index is 2.97. The standard InChI is InChI=1S/C9H9FN2O4/c10-6-1-5(3-8(11)9(13)14)2-7(4-6)12(15)16/h1-2,4,8H,3,11H2,(H,13,14). The number of nitro benzene ring substituents is 1. The van der Waals surface area contributed by atoms with Crippen molar-refractivity contribution < 1.29 is 19.2 Å². The van der Waals surface area contributed by atoms with Gasteiger partial charge in [0, 0.05) is 6.07 Å². The molecule has 16 heavy (non-hydrogen) atoms. The zero-order valence-corrected chi connectivity index (χ0v) is 8.09. The van der Waals surface area contributed by atoms with Crippen LogP contribution in [0, 0.1) is 15.9 Å². The fourth-order valence-corrected chi connectivity index (χ4v) is 1.20. The molecule has 6 nitrogen and oxygen atoms in total. The molecule has 7 heteroatoms. The van der Waals surface area contributed by atoms with Gasteiger partial charge in [-0.15, -0.1) is 0 Å². The molecule has 0 radical (unpaired) electrons. The molecule has 1 rings (SSSR count). The number of benzene rings is 1. The van der Waals surface area contributed by atoms with Gasteiger partial charge in [-0.2, -0.15) is 0 Å². The van der Waals surface area contributed by atoms with Crippen LogP contribution >= 0.6 is 0 Å². The average molecular weight is 228 g/mol. The number of hydrogen-bond acceptors (Lipinski definition) is 4. The van der Waals surface area contributed by atoms with Crippen LogP contribution in [0.2, 0.25) is 0 Å². The Morgan fingerprint density at radius 1 is 1.56 bits per heavy atom. The summed E-state index contributed by atoms with van der Waals surface area (Å²) in [5.74, 6) is -2.03. The van der Waals surface area contributed by atoms with Crippen LogP contribution in [0.4, 0.5) is 10.1 Å². The number of non-ortho nitro benzene ring substituents is 1. The van der Waals surface area contributed by atoms with Crippen LogP contribution < -0.4 is 5.73 Å². The Kier molecular flexibility index (Phi) is 3.51. The van der Waals surface area contributed by atoms with Gasteiger partial charge < -0.3 is 10.8 Å². The van der Waals surface area contributed by atoms with Crippen LogP contribution in [-0.4, -0.2) is 22.0 Å². The van der Waals surface area contributed by atoms with Crippen LogP contribution in [0.15, 0.2) is 18.2 Å². The normalized spacial score (nSPS) is 12.1. The highest BCUT2D eigenvalue weighted by Gasteiger charge is 2.15. The van der Waals surface area contributed by atoms with Gasteiger partial charge in [-0.25, -0.2) is 4.39 Å². The SMILES string of the molecule is NC(Cc1cc(F)cc([N+](=O)[O-])c1)C(=O)O. The highest BCUT2D eigenvalue weighted by molar-refractivity contribution is 5.73. The van der Waals surface area contributed by atoms with E-state index >= 15 is 0 Å². The molecular formula is C9H9FN2O4. The smallest absolute Gasteiger partial charge is 0.320 e. The molecule has 1 unspecified atom stereocenters. The number of carboxylic acids is 1. The number of carboxylic acid groups (broad SMARTS) is 1. The lowest BCUT2D eigenvalue weighted by molar-refractivity contribution is -0.385. The number of halogens is 1. The van der Waals surface area contributed by atoms with Crippen LogP contribution in [-0.2, 0) is 11.2 Å². The Morgan fingerprint density at radius 2 is 2.19 bits per heavy atom. The van der Waals surface area contributed by atoms with E-state index in [0.717, 1.165) is 18.2 Å². The van der Waals surface area contributed by atoms with E-state index in [-0.39, 0.29) is 12.0 Å². The molecule has 0 aromatic heterocycles. The van der Waals surface area contributed by atoms with Crippen LogP contribution in [0.5, 0.6) is 0 Å². The van der Waals surface area contributed by atoms with E-state index in [1.807, 2.05) is 0 Å². The quantitative estimate of drug-likeness (QED) is 0.582. The van der Waals surface area contributed by atoms with Crippen molar-refractivity contribution in [2.75, 3.05) is 0 Å². The van der Waals surface area contributed by atoms with Crippen molar-refractivity contribution in [3.63, 3.8) is 0 Å². The van der Waals surface area contributed by atoms with Gasteiger partial charge in [-0.1, -0.05) is 0 Å². The van der Waals surface area contributed by atoms with E-state index in [9.17, 15) is 19.3 Å². The molecule has 1 atom stereocenters. The molecular weight excluding hydrogens is 219 g/mol. The second kappa shape index (κ2) is 4.67. The topological polar surface area (TPSA) is 106 Å². The largest absolute Gasteiger partial charge is 0.480 e. The summed E-state index contributed by atoms with van der Waals surface area (Å²) in [6.45, 7) is 0. The lowest BCUT2D eigenvalue weighted by Gasteiger charge is -2.06. The minimum atomic E-state index is -1.24. The first kappa shape index (κ1) is 12.1. The van der Waals surface area contributed by atoms with Gasteiger partial charge in [0.1, 0.15) is 11.9 Å². The van der Waals surface area contributed by atoms with E-state index in [4.69, 9.17) is 10.8 Å². The molecule has 3 N–H and O–H groups in total. The molecule has 0 aliphatic heterocycles. The molecule has 0 aliphatic rings. The summed E-state index contributed by atoms with van der Waals surface area (Å²) in [5.41, 5.74) is 4.99. The number of nitrogens with two attached hydrogens (primary N) is 1. The van der Waals surface area contributed by atoms with E-state index in [1.54, 1.807) is 0 Å². The van der Waals surface area contributed by atoms with Gasteiger partial charge in [-0.05, 0) is 18.1 Å². The van der Waals surface area contributed by atoms with Gasteiger partial charge in [0.05, 0.1) is 11.0 Å². The van der Waals surface area contributed by atoms with Gasteiger partial charge in [0.25, 0.3) is 5.69 Å². The second-order valence-corrected chi connectivity index (χ2v) is 3.22. The molecule has 0 aliphatic carbocycles. The van der Waals surface area contributed by atoms with Crippen molar-refractivity contribution in [3.8, 4) is 0 Å². The fraction of sp³-hybridized carbons (Fsp3) is 0.222. The van der Waals surface area contributed by atoms with Crippen LogP contribution in [0.25, 0.3) is 0 Å². The highest BCUT2D eigenvalue weighted by Crippen LogP contribution is 2.17. The maximum absolute atomic E-state index is 12.9. The second-order valence-electron chi connectivity index (χ2n) is 3.22. The van der Waals surface area contributed by atoms with Crippen molar-refractivity contribution in [3.05, 3.63) is 39.7 Å². The molecule has 1 aromatic rings. The van der Waals surface area contributed by atoms with Crippen molar-refractivity contribution >= 4 is 11.7 Å². The predicted octanol–water partition coefficient (Wildman–Crippen LogP) is 0.688. The first-order chi connectivity index (χ1) is 7.40. The summed E-state index contributed by atoms with van der Waals surface area (Å²) in [5, 5.41) is 19.0. The van der Waals surface area contributed by atoms with Crippen molar-refractivity contribution in [1.82, 2.24) is 0 Å². The summed E-state index contributed by atoms with van der Waals surface area (Å²) >= 11 is 0. The number of aliphatic carboxylic acids is 1. The Labute approximate surface area is 89.6 Å². The lowest BCUT2D eigenvalue weighted by Crippen LogP contribution is -2.32. The summed E-state index contributed by atoms with van der Waals surface area (Å²) in [4.78, 5) is 20.1. The number of hydrogen-bond donors (Lipinski definition) is 2. The zero-order valence-electron chi connectivity index (χ0n) is 8.09. The minimum Gasteiger partial charge on any atom is -0.480 e. The number of nitrogens with zero attached hydrogens (tertiary/aromatic N) is 1. The Morgan fingerprint density at radius 3 is 2.69 bits per heavy atom. The maximum atomic E-state index is 12.9. The van der Waals surface area contributed by atoms with Crippen molar-refractivity contribution in [1.29, 1.82) is 0 Å². The van der Waals surface area contributed by atoms with Crippen LogP contribution in [0.1, 0.15) is 5.56 Å². The van der Waals surface area contributed by atoms with Crippen molar-refractivity contribution in [2.45, 2.75) is 12.5 Å². The number of nitro groups is 1. The zero-order chi connectivity index (χ0) is 12.3. The predicted molar refractivity (Wildman–Crippen MR) is 52.4 cm³/mol. The van der Waals surface area contributed by atoms with Crippen LogP contribution in [0.3, 0.4) is 0 Å². The first-order valence-electron chi connectivity index (χ1n) is 4.32. The third-order valence-corrected chi connectivity index (χ3v) is 1.93.